The Labute approximate surface area is 120 Å². The minimum Gasteiger partial charge on any atom is -0.490 e. The molecule has 19 heavy (non-hydrogen) atoms. The number of benzene rings is 1. The van der Waals surface area contributed by atoms with Gasteiger partial charge in [-0.2, -0.15) is 11.8 Å². The summed E-state index contributed by atoms with van der Waals surface area (Å²) in [6.07, 6.45) is 4.27. The van der Waals surface area contributed by atoms with Crippen LogP contribution >= 0.6 is 11.8 Å². The molecule has 1 N–H and O–H groups in total. The monoisotopic (exact) mass is 277 g/mol. The molecule has 0 amide bonds. The lowest BCUT2D eigenvalue weighted by atomic mass is 9.92. The Morgan fingerprint density at radius 2 is 2.05 bits per heavy atom. The zero-order chi connectivity index (χ0) is 13.1. The largest absolute Gasteiger partial charge is 0.490 e. The SMILES string of the molecule is CCNC(c1ccc(OC2CC2)cc1)C1CCSC1. The van der Waals surface area contributed by atoms with E-state index < -0.39 is 0 Å². The first-order valence-corrected chi connectivity index (χ1v) is 8.60. The first-order valence-electron chi connectivity index (χ1n) is 7.44. The third kappa shape index (κ3) is 3.46. The summed E-state index contributed by atoms with van der Waals surface area (Å²) in [4.78, 5) is 0. The van der Waals surface area contributed by atoms with E-state index in [1.165, 1.54) is 36.3 Å². The van der Waals surface area contributed by atoms with Crippen molar-refractivity contribution in [3.8, 4) is 5.75 Å². The molecule has 0 spiro atoms. The molecule has 1 saturated heterocycles. The lowest BCUT2D eigenvalue weighted by Crippen LogP contribution is -2.28. The van der Waals surface area contributed by atoms with Crippen LogP contribution in [0.15, 0.2) is 24.3 Å². The highest BCUT2D eigenvalue weighted by atomic mass is 32.2. The fraction of sp³-hybridized carbons (Fsp3) is 0.625. The lowest BCUT2D eigenvalue weighted by molar-refractivity contribution is 0.303. The summed E-state index contributed by atoms with van der Waals surface area (Å²) < 4.78 is 5.82. The van der Waals surface area contributed by atoms with Crippen LogP contribution in [0.4, 0.5) is 0 Å². The molecule has 1 heterocycles. The van der Waals surface area contributed by atoms with Crippen molar-refractivity contribution in [3.05, 3.63) is 29.8 Å². The molecule has 2 unspecified atom stereocenters. The zero-order valence-electron chi connectivity index (χ0n) is 11.6. The Balaban J connectivity index is 1.69. The first kappa shape index (κ1) is 13.3. The average Bonchev–Trinajstić information content (AvgIpc) is 3.08. The normalized spacial score (nSPS) is 24.4. The molecule has 1 saturated carbocycles. The fourth-order valence-electron chi connectivity index (χ4n) is 2.72. The van der Waals surface area contributed by atoms with Crippen molar-refractivity contribution in [2.24, 2.45) is 5.92 Å². The van der Waals surface area contributed by atoms with Crippen molar-refractivity contribution < 1.29 is 4.74 Å². The molecule has 1 aromatic rings. The highest BCUT2D eigenvalue weighted by molar-refractivity contribution is 7.99. The van der Waals surface area contributed by atoms with E-state index in [-0.39, 0.29) is 0 Å². The van der Waals surface area contributed by atoms with Gasteiger partial charge in [0.2, 0.25) is 0 Å². The van der Waals surface area contributed by atoms with Crippen LogP contribution in [0.1, 0.15) is 37.8 Å². The van der Waals surface area contributed by atoms with Crippen LogP contribution < -0.4 is 10.1 Å². The second-order valence-electron chi connectivity index (χ2n) is 5.55. The number of thioether (sulfide) groups is 1. The predicted molar refractivity (Wildman–Crippen MR) is 81.9 cm³/mol. The third-order valence-electron chi connectivity index (χ3n) is 3.93. The van der Waals surface area contributed by atoms with E-state index >= 15 is 0 Å². The van der Waals surface area contributed by atoms with Crippen LogP contribution in [0.5, 0.6) is 5.75 Å². The van der Waals surface area contributed by atoms with Crippen LogP contribution in [0.3, 0.4) is 0 Å². The Bertz CT molecular complexity index is 396. The van der Waals surface area contributed by atoms with Crippen molar-refractivity contribution in [1.29, 1.82) is 0 Å². The van der Waals surface area contributed by atoms with Crippen molar-refractivity contribution in [2.45, 2.75) is 38.3 Å². The Kier molecular flexibility index (Phi) is 4.34. The van der Waals surface area contributed by atoms with Gasteiger partial charge < -0.3 is 10.1 Å². The van der Waals surface area contributed by atoms with Gasteiger partial charge in [0.25, 0.3) is 0 Å². The van der Waals surface area contributed by atoms with Crippen LogP contribution in [0, 0.1) is 5.92 Å². The Hall–Kier alpha value is -0.670. The van der Waals surface area contributed by atoms with E-state index in [0.29, 0.717) is 12.1 Å². The number of hydrogen-bond donors (Lipinski definition) is 1. The molecule has 0 aromatic heterocycles. The van der Waals surface area contributed by atoms with Gasteiger partial charge in [0, 0.05) is 6.04 Å². The van der Waals surface area contributed by atoms with E-state index in [0.717, 1.165) is 18.2 Å². The quantitative estimate of drug-likeness (QED) is 0.858. The highest BCUT2D eigenvalue weighted by Gasteiger charge is 2.26. The summed E-state index contributed by atoms with van der Waals surface area (Å²) in [5.41, 5.74) is 1.41. The second-order valence-corrected chi connectivity index (χ2v) is 6.70. The van der Waals surface area contributed by atoms with Crippen LogP contribution in [-0.4, -0.2) is 24.2 Å². The molecule has 0 radical (unpaired) electrons. The maximum Gasteiger partial charge on any atom is 0.119 e. The molecule has 2 atom stereocenters. The summed E-state index contributed by atoms with van der Waals surface area (Å²) in [6.45, 7) is 3.23. The molecule has 104 valence electrons. The van der Waals surface area contributed by atoms with Crippen LogP contribution in [0.25, 0.3) is 0 Å². The number of hydrogen-bond acceptors (Lipinski definition) is 3. The molecule has 1 aliphatic heterocycles. The molecule has 2 nitrogen and oxygen atoms in total. The van der Waals surface area contributed by atoms with Crippen molar-refractivity contribution >= 4 is 11.8 Å². The maximum atomic E-state index is 5.82. The molecule has 1 aliphatic carbocycles. The van der Waals surface area contributed by atoms with Crippen molar-refractivity contribution in [1.82, 2.24) is 5.32 Å². The molecule has 3 rings (SSSR count). The predicted octanol–water partition coefficient (Wildman–Crippen LogP) is 3.63. The average molecular weight is 277 g/mol. The molecule has 2 aliphatic rings. The van der Waals surface area contributed by atoms with E-state index in [1.54, 1.807) is 0 Å². The van der Waals surface area contributed by atoms with E-state index in [9.17, 15) is 0 Å². The minimum atomic E-state index is 0.488. The Morgan fingerprint density at radius 1 is 1.26 bits per heavy atom. The maximum absolute atomic E-state index is 5.82. The lowest BCUT2D eigenvalue weighted by Gasteiger charge is -2.24. The molecule has 0 bridgehead atoms. The van der Waals surface area contributed by atoms with Gasteiger partial charge in [0.05, 0.1) is 6.10 Å². The van der Waals surface area contributed by atoms with Crippen LogP contribution in [0.2, 0.25) is 0 Å². The summed E-state index contributed by atoms with van der Waals surface area (Å²) in [6, 6.07) is 9.28. The number of ether oxygens (including phenoxy) is 1. The van der Waals surface area contributed by atoms with E-state index in [4.69, 9.17) is 4.74 Å². The summed E-state index contributed by atoms with van der Waals surface area (Å²) >= 11 is 2.09. The summed E-state index contributed by atoms with van der Waals surface area (Å²) in [5.74, 6) is 4.41. The van der Waals surface area contributed by atoms with Gasteiger partial charge in [0.15, 0.2) is 0 Å². The smallest absolute Gasteiger partial charge is 0.119 e. The van der Waals surface area contributed by atoms with Gasteiger partial charge in [-0.25, -0.2) is 0 Å². The second kappa shape index (κ2) is 6.19. The topological polar surface area (TPSA) is 21.3 Å². The molecular formula is C16H23NOS. The van der Waals surface area contributed by atoms with Gasteiger partial charge in [0.1, 0.15) is 5.75 Å². The zero-order valence-corrected chi connectivity index (χ0v) is 12.4. The fourth-order valence-corrected chi connectivity index (χ4v) is 4.02. The van der Waals surface area contributed by atoms with Crippen molar-refractivity contribution in [3.63, 3.8) is 0 Å². The van der Waals surface area contributed by atoms with Gasteiger partial charge >= 0.3 is 0 Å². The third-order valence-corrected chi connectivity index (χ3v) is 5.11. The van der Waals surface area contributed by atoms with Gasteiger partial charge in [-0.05, 0) is 60.9 Å². The van der Waals surface area contributed by atoms with Gasteiger partial charge in [-0.15, -0.1) is 0 Å². The summed E-state index contributed by atoms with van der Waals surface area (Å²) in [7, 11) is 0. The molecule has 2 fully saturated rings. The molecule has 3 heteroatoms. The molecular weight excluding hydrogens is 254 g/mol. The van der Waals surface area contributed by atoms with E-state index in [1.807, 2.05) is 0 Å². The van der Waals surface area contributed by atoms with Gasteiger partial charge in [-0.1, -0.05) is 19.1 Å². The van der Waals surface area contributed by atoms with Crippen molar-refractivity contribution in [2.75, 3.05) is 18.1 Å². The Morgan fingerprint density at radius 3 is 2.63 bits per heavy atom. The minimum absolute atomic E-state index is 0.488. The first-order chi connectivity index (χ1) is 9.36. The van der Waals surface area contributed by atoms with Gasteiger partial charge in [-0.3, -0.25) is 0 Å². The van der Waals surface area contributed by atoms with Crippen LogP contribution in [-0.2, 0) is 0 Å². The summed E-state index contributed by atoms with van der Waals surface area (Å²) in [5, 5.41) is 3.66. The highest BCUT2D eigenvalue weighted by Crippen LogP contribution is 2.35. The standard InChI is InChI=1S/C16H23NOS/c1-2-17-16(13-9-10-19-11-13)12-3-5-14(6-4-12)18-15-7-8-15/h3-6,13,15-17H,2,7-11H2,1H3. The molecule has 1 aromatic carbocycles. The number of rotatable bonds is 6. The number of nitrogens with one attached hydrogen (secondary N) is 1. The van der Waals surface area contributed by atoms with E-state index in [2.05, 4.69) is 48.3 Å².